The van der Waals surface area contributed by atoms with E-state index in [9.17, 15) is 4.79 Å². The number of likely N-dealkylation sites (N-methyl/N-ethyl adjacent to an activating group) is 1. The lowest BCUT2D eigenvalue weighted by atomic mass is 9.97. The fourth-order valence-corrected chi connectivity index (χ4v) is 4.24. The van der Waals surface area contributed by atoms with E-state index in [0.29, 0.717) is 13.1 Å². The number of hydrogen-bond donors (Lipinski definition) is 1. The van der Waals surface area contributed by atoms with Crippen LogP contribution in [-0.2, 0) is 24.3 Å². The standard InChI is InChI=1S/C24H35N5O2/c1-18-13-21(26-31-18)17-29(12-11-27(2)3)24(30)14-25-23-6-4-5-20-16-28(10-9-22(20)23)15-19-7-8-19/h4-6,13,19,25H,7-12,14-17H2,1-3H3. The molecule has 0 atom stereocenters. The predicted molar refractivity (Wildman–Crippen MR) is 122 cm³/mol. The minimum atomic E-state index is 0.0753. The maximum Gasteiger partial charge on any atom is 0.242 e. The third kappa shape index (κ3) is 6.08. The van der Waals surface area contributed by atoms with Gasteiger partial charge in [-0.25, -0.2) is 0 Å². The number of benzene rings is 1. The second kappa shape index (κ2) is 9.83. The van der Waals surface area contributed by atoms with Crippen LogP contribution in [0, 0.1) is 12.8 Å². The van der Waals surface area contributed by atoms with Gasteiger partial charge in [0.25, 0.3) is 0 Å². The fourth-order valence-electron chi connectivity index (χ4n) is 4.24. The van der Waals surface area contributed by atoms with Crippen LogP contribution in [0.3, 0.4) is 0 Å². The second-order valence-electron chi connectivity index (χ2n) is 9.27. The Labute approximate surface area is 185 Å². The van der Waals surface area contributed by atoms with Crippen molar-refractivity contribution >= 4 is 11.6 Å². The summed E-state index contributed by atoms with van der Waals surface area (Å²) in [5.74, 6) is 1.76. The summed E-state index contributed by atoms with van der Waals surface area (Å²) in [6.07, 6.45) is 3.83. The molecule has 2 aliphatic rings. The summed E-state index contributed by atoms with van der Waals surface area (Å²) in [6.45, 7) is 7.45. The first-order chi connectivity index (χ1) is 15.0. The van der Waals surface area contributed by atoms with E-state index < -0.39 is 0 Å². The van der Waals surface area contributed by atoms with Gasteiger partial charge >= 0.3 is 0 Å². The Morgan fingerprint density at radius 1 is 1.29 bits per heavy atom. The van der Waals surface area contributed by atoms with Gasteiger partial charge in [0.05, 0.1) is 13.1 Å². The number of aryl methyl sites for hydroxylation is 1. The van der Waals surface area contributed by atoms with E-state index in [1.54, 1.807) is 0 Å². The predicted octanol–water partition coefficient (Wildman–Crippen LogP) is 2.75. The summed E-state index contributed by atoms with van der Waals surface area (Å²) in [7, 11) is 4.04. The summed E-state index contributed by atoms with van der Waals surface area (Å²) in [4.78, 5) is 19.6. The highest BCUT2D eigenvalue weighted by Gasteiger charge is 2.27. The molecule has 2 heterocycles. The topological polar surface area (TPSA) is 64.8 Å². The van der Waals surface area contributed by atoms with Crippen molar-refractivity contribution in [3.8, 4) is 0 Å². The first kappa shape index (κ1) is 21.8. The van der Waals surface area contributed by atoms with Crippen molar-refractivity contribution in [2.75, 3.05) is 52.1 Å². The quantitative estimate of drug-likeness (QED) is 0.632. The zero-order chi connectivity index (χ0) is 21.8. The molecule has 0 radical (unpaired) electrons. The highest BCUT2D eigenvalue weighted by Crippen LogP contribution is 2.32. The molecule has 1 N–H and O–H groups in total. The van der Waals surface area contributed by atoms with Crippen LogP contribution < -0.4 is 5.32 Å². The molecule has 4 rings (SSSR count). The number of fused-ring (bicyclic) bond motifs is 1. The van der Waals surface area contributed by atoms with Crippen LogP contribution in [0.2, 0.25) is 0 Å². The maximum atomic E-state index is 13.1. The number of nitrogens with one attached hydrogen (secondary N) is 1. The molecular weight excluding hydrogens is 390 g/mol. The summed E-state index contributed by atoms with van der Waals surface area (Å²) in [5, 5.41) is 7.50. The smallest absolute Gasteiger partial charge is 0.242 e. The van der Waals surface area contributed by atoms with E-state index in [1.807, 2.05) is 32.0 Å². The number of nitrogens with zero attached hydrogens (tertiary/aromatic N) is 4. The van der Waals surface area contributed by atoms with Gasteiger partial charge in [-0.05, 0) is 63.4 Å². The molecule has 1 aromatic carbocycles. The Bertz CT molecular complexity index is 890. The molecule has 0 unspecified atom stereocenters. The number of hydrogen-bond acceptors (Lipinski definition) is 6. The van der Waals surface area contributed by atoms with Gasteiger partial charge < -0.3 is 19.6 Å². The van der Waals surface area contributed by atoms with Crippen molar-refractivity contribution in [1.29, 1.82) is 0 Å². The van der Waals surface area contributed by atoms with E-state index in [-0.39, 0.29) is 12.5 Å². The van der Waals surface area contributed by atoms with Crippen LogP contribution in [-0.4, -0.2) is 72.6 Å². The molecule has 7 nitrogen and oxygen atoms in total. The Kier molecular flexibility index (Phi) is 6.92. The van der Waals surface area contributed by atoms with Crippen molar-refractivity contribution in [3.05, 3.63) is 46.8 Å². The van der Waals surface area contributed by atoms with Crippen molar-refractivity contribution in [2.45, 2.75) is 39.3 Å². The molecule has 1 aromatic heterocycles. The van der Waals surface area contributed by atoms with Gasteiger partial charge in [-0.1, -0.05) is 17.3 Å². The largest absolute Gasteiger partial charge is 0.376 e. The number of anilines is 1. The molecule has 1 fully saturated rings. The molecular formula is C24H35N5O2. The molecule has 0 bridgehead atoms. The zero-order valence-electron chi connectivity index (χ0n) is 19.1. The van der Waals surface area contributed by atoms with Crippen LogP contribution in [0.25, 0.3) is 0 Å². The van der Waals surface area contributed by atoms with Gasteiger partial charge in [0, 0.05) is 44.5 Å². The first-order valence-electron chi connectivity index (χ1n) is 11.4. The van der Waals surface area contributed by atoms with Gasteiger partial charge in [-0.2, -0.15) is 0 Å². The Balaban J connectivity index is 1.37. The van der Waals surface area contributed by atoms with Crippen molar-refractivity contribution in [3.63, 3.8) is 0 Å². The lowest BCUT2D eigenvalue weighted by Gasteiger charge is -2.30. The third-order valence-electron chi connectivity index (χ3n) is 6.19. The first-order valence-corrected chi connectivity index (χ1v) is 11.4. The average molecular weight is 426 g/mol. The molecule has 31 heavy (non-hydrogen) atoms. The minimum Gasteiger partial charge on any atom is -0.376 e. The number of aromatic nitrogens is 1. The van der Waals surface area contributed by atoms with Crippen molar-refractivity contribution in [2.24, 2.45) is 5.92 Å². The van der Waals surface area contributed by atoms with Gasteiger partial charge in [-0.3, -0.25) is 9.69 Å². The molecule has 0 spiro atoms. The summed E-state index contributed by atoms with van der Waals surface area (Å²) in [5.41, 5.74) is 4.65. The normalized spacial score (nSPS) is 16.4. The van der Waals surface area contributed by atoms with E-state index in [4.69, 9.17) is 4.52 Å². The molecule has 1 amide bonds. The van der Waals surface area contributed by atoms with E-state index in [0.717, 1.165) is 49.1 Å². The Morgan fingerprint density at radius 3 is 2.84 bits per heavy atom. The molecule has 1 aliphatic carbocycles. The monoisotopic (exact) mass is 425 g/mol. The van der Waals surface area contributed by atoms with Crippen LogP contribution in [0.1, 0.15) is 35.4 Å². The van der Waals surface area contributed by atoms with Gasteiger partial charge in [0.15, 0.2) is 0 Å². The molecule has 0 saturated heterocycles. The summed E-state index contributed by atoms with van der Waals surface area (Å²) >= 11 is 0. The lowest BCUT2D eigenvalue weighted by molar-refractivity contribution is -0.130. The van der Waals surface area contributed by atoms with Crippen molar-refractivity contribution in [1.82, 2.24) is 19.9 Å². The minimum absolute atomic E-state index is 0.0753. The molecule has 7 heteroatoms. The number of carbonyl (C=O) groups is 1. The number of rotatable bonds is 10. The van der Waals surface area contributed by atoms with Crippen molar-refractivity contribution < 1.29 is 9.32 Å². The van der Waals surface area contributed by atoms with E-state index >= 15 is 0 Å². The highest BCUT2D eigenvalue weighted by atomic mass is 16.5. The summed E-state index contributed by atoms with van der Waals surface area (Å²) < 4.78 is 5.18. The fraction of sp³-hybridized carbons (Fsp3) is 0.583. The Hall–Kier alpha value is -2.38. The van der Waals surface area contributed by atoms with Crippen LogP contribution in [0.15, 0.2) is 28.8 Å². The van der Waals surface area contributed by atoms with Crippen LogP contribution in [0.4, 0.5) is 5.69 Å². The van der Waals surface area contributed by atoms with Gasteiger partial charge in [0.2, 0.25) is 5.91 Å². The molecule has 1 aliphatic heterocycles. The van der Waals surface area contributed by atoms with Gasteiger partial charge in [-0.15, -0.1) is 0 Å². The molecule has 168 valence electrons. The maximum absolute atomic E-state index is 13.1. The highest BCUT2D eigenvalue weighted by molar-refractivity contribution is 5.81. The van der Waals surface area contributed by atoms with Crippen LogP contribution in [0.5, 0.6) is 0 Å². The number of carbonyl (C=O) groups excluding carboxylic acids is 1. The van der Waals surface area contributed by atoms with E-state index in [1.165, 1.54) is 30.5 Å². The lowest BCUT2D eigenvalue weighted by Crippen LogP contribution is -2.39. The molecule has 2 aromatic rings. The number of amides is 1. The third-order valence-corrected chi connectivity index (χ3v) is 6.19. The van der Waals surface area contributed by atoms with E-state index in [2.05, 4.69) is 38.5 Å². The van der Waals surface area contributed by atoms with Gasteiger partial charge in [0.1, 0.15) is 11.5 Å². The average Bonchev–Trinajstić information content (AvgIpc) is 3.47. The second-order valence-corrected chi connectivity index (χ2v) is 9.27. The SMILES string of the molecule is Cc1cc(CN(CCN(C)C)C(=O)CNc2cccc3c2CCN(CC2CC2)C3)no1. The summed E-state index contributed by atoms with van der Waals surface area (Å²) in [6, 6.07) is 8.34. The zero-order valence-corrected chi connectivity index (χ0v) is 19.1. The Morgan fingerprint density at radius 2 is 2.13 bits per heavy atom. The van der Waals surface area contributed by atoms with Crippen LogP contribution >= 0.6 is 0 Å². The molecule has 1 saturated carbocycles.